The van der Waals surface area contributed by atoms with Gasteiger partial charge in [0.25, 0.3) is 5.91 Å². The van der Waals surface area contributed by atoms with Crippen LogP contribution in [0.15, 0.2) is 5.10 Å². The quantitative estimate of drug-likeness (QED) is 0.216. The maximum Gasteiger partial charge on any atom is 0.278 e. The van der Waals surface area contributed by atoms with E-state index in [0.717, 1.165) is 43.4 Å². The molecule has 1 rings (SSSR count). The lowest BCUT2D eigenvalue weighted by molar-refractivity contribution is -0.141. The van der Waals surface area contributed by atoms with Crippen LogP contribution in [0.2, 0.25) is 0 Å². The van der Waals surface area contributed by atoms with Gasteiger partial charge in [0.1, 0.15) is 5.71 Å². The Morgan fingerprint density at radius 2 is 1.82 bits per heavy atom. The Morgan fingerprint density at radius 1 is 1.18 bits per heavy atom. The van der Waals surface area contributed by atoms with Crippen LogP contribution in [0.5, 0.6) is 0 Å². The summed E-state index contributed by atoms with van der Waals surface area (Å²) in [6, 6.07) is 0. The fraction of sp³-hybridized carbons (Fsp3) is 0.733. The minimum atomic E-state index is -1.19. The third kappa shape index (κ3) is 4.29. The van der Waals surface area contributed by atoms with Gasteiger partial charge in [-0.05, 0) is 12.8 Å². The number of likely N-dealkylation sites (tertiary alicyclic amines) is 1. The highest BCUT2D eigenvalue weighted by Gasteiger charge is 2.48. The zero-order chi connectivity index (χ0) is 16.5. The second-order valence-electron chi connectivity index (χ2n) is 5.45. The van der Waals surface area contributed by atoms with Crippen molar-refractivity contribution in [2.24, 2.45) is 16.9 Å². The van der Waals surface area contributed by atoms with E-state index in [2.05, 4.69) is 17.3 Å². The van der Waals surface area contributed by atoms with Crippen LogP contribution in [0, 0.1) is 5.92 Å². The molecule has 0 aromatic carbocycles. The lowest BCUT2D eigenvalue weighted by Crippen LogP contribution is -2.39. The van der Waals surface area contributed by atoms with E-state index in [9.17, 15) is 14.4 Å². The van der Waals surface area contributed by atoms with Gasteiger partial charge in [0.05, 0.1) is 0 Å². The van der Waals surface area contributed by atoms with Crippen LogP contribution >= 0.6 is 0 Å². The molecule has 0 radical (unpaired) electrons. The van der Waals surface area contributed by atoms with E-state index in [1.807, 2.05) is 6.92 Å². The molecule has 0 spiro atoms. The van der Waals surface area contributed by atoms with Crippen molar-refractivity contribution in [2.75, 3.05) is 13.1 Å². The number of rotatable bonds is 9. The zero-order valence-electron chi connectivity index (χ0n) is 13.4. The topological polar surface area (TPSA) is 105 Å². The molecule has 22 heavy (non-hydrogen) atoms. The average Bonchev–Trinajstić information content (AvgIpc) is 2.75. The number of hydrogen-bond acceptors (Lipinski definition) is 5. The normalized spacial score (nSPS) is 20.0. The summed E-state index contributed by atoms with van der Waals surface area (Å²) in [7, 11) is 0. The molecule has 124 valence electrons. The second kappa shape index (κ2) is 9.17. The molecule has 0 saturated carbocycles. The summed E-state index contributed by atoms with van der Waals surface area (Å²) in [5.41, 5.74) is -0.158. The van der Waals surface area contributed by atoms with E-state index < -0.39 is 23.6 Å². The van der Waals surface area contributed by atoms with Crippen molar-refractivity contribution < 1.29 is 14.4 Å². The first-order valence-electron chi connectivity index (χ1n) is 7.99. The van der Waals surface area contributed by atoms with Crippen molar-refractivity contribution in [3.8, 4) is 0 Å². The minimum absolute atomic E-state index is 0.158. The van der Waals surface area contributed by atoms with Gasteiger partial charge >= 0.3 is 0 Å². The molecule has 7 heteroatoms. The van der Waals surface area contributed by atoms with Gasteiger partial charge < -0.3 is 11.2 Å². The van der Waals surface area contributed by atoms with Gasteiger partial charge in [-0.3, -0.25) is 19.3 Å². The average molecular weight is 310 g/mol. The summed E-state index contributed by atoms with van der Waals surface area (Å²) in [4.78, 5) is 37.7. The van der Waals surface area contributed by atoms with Gasteiger partial charge in [-0.15, -0.1) is 0 Å². The molecule has 1 fully saturated rings. The number of carbonyl (C=O) groups excluding carboxylic acids is 3. The molecule has 1 saturated heterocycles. The molecular formula is C15H26N4O3. The number of amides is 3. The van der Waals surface area contributed by atoms with Gasteiger partial charge in [-0.25, -0.2) is 0 Å². The first-order valence-corrected chi connectivity index (χ1v) is 7.99. The molecule has 1 aliphatic rings. The highest BCUT2D eigenvalue weighted by atomic mass is 16.2. The Labute approximate surface area is 131 Å². The van der Waals surface area contributed by atoms with Crippen molar-refractivity contribution in [3.05, 3.63) is 0 Å². The molecule has 7 nitrogen and oxygen atoms in total. The molecule has 0 bridgehead atoms. The third-order valence-electron chi connectivity index (χ3n) is 3.72. The number of unbranched alkanes of at least 4 members (excludes halogenated alkanes) is 4. The van der Waals surface area contributed by atoms with Gasteiger partial charge in [-0.2, -0.15) is 5.10 Å². The van der Waals surface area contributed by atoms with Gasteiger partial charge in [0.15, 0.2) is 5.92 Å². The van der Waals surface area contributed by atoms with Crippen LogP contribution in [-0.2, 0) is 14.4 Å². The largest absolute Gasteiger partial charge is 0.355 e. The summed E-state index contributed by atoms with van der Waals surface area (Å²) in [6.45, 7) is 4.89. The number of imide groups is 1. The molecular weight excluding hydrogens is 284 g/mol. The Kier molecular flexibility index (Phi) is 7.56. The number of nitrogens with zero attached hydrogens (tertiary/aromatic N) is 2. The van der Waals surface area contributed by atoms with E-state index in [1.165, 1.54) is 0 Å². The summed E-state index contributed by atoms with van der Waals surface area (Å²) >= 11 is 0. The smallest absolute Gasteiger partial charge is 0.278 e. The number of nitrogens with one attached hydrogen (secondary N) is 1. The maximum absolute atomic E-state index is 12.3. The van der Waals surface area contributed by atoms with E-state index in [4.69, 9.17) is 5.84 Å². The monoisotopic (exact) mass is 310 g/mol. The lowest BCUT2D eigenvalue weighted by Gasteiger charge is -2.13. The van der Waals surface area contributed by atoms with E-state index >= 15 is 0 Å². The standard InChI is InChI=1S/C15H26N4O3/c1-3-5-7-9-17-13(20)11-12(18-16)15(22)19(14(11)21)10-8-6-4-2/h11H,3-10,16H2,1-2H3,(H,17,20)/b18-12+. The van der Waals surface area contributed by atoms with Crippen molar-refractivity contribution in [2.45, 2.75) is 52.4 Å². The van der Waals surface area contributed by atoms with Crippen LogP contribution in [0.3, 0.4) is 0 Å². The minimum Gasteiger partial charge on any atom is -0.355 e. The number of hydrazone groups is 1. The fourth-order valence-electron chi connectivity index (χ4n) is 2.42. The summed E-state index contributed by atoms with van der Waals surface area (Å²) < 4.78 is 0. The molecule has 1 heterocycles. The molecule has 0 aromatic heterocycles. The second-order valence-corrected chi connectivity index (χ2v) is 5.45. The Balaban J connectivity index is 2.70. The van der Waals surface area contributed by atoms with Gasteiger partial charge in [0.2, 0.25) is 11.8 Å². The number of carbonyl (C=O) groups is 3. The van der Waals surface area contributed by atoms with Crippen LogP contribution in [0.1, 0.15) is 52.4 Å². The molecule has 1 unspecified atom stereocenters. The highest BCUT2D eigenvalue weighted by molar-refractivity contribution is 6.54. The van der Waals surface area contributed by atoms with E-state index in [0.29, 0.717) is 13.1 Å². The predicted octanol–water partition coefficient (Wildman–Crippen LogP) is 0.783. The summed E-state index contributed by atoms with van der Waals surface area (Å²) in [6.07, 6.45) is 5.49. The number of nitrogens with two attached hydrogens (primary N) is 1. The zero-order valence-corrected chi connectivity index (χ0v) is 13.4. The van der Waals surface area contributed by atoms with Gasteiger partial charge in [0, 0.05) is 13.1 Å². The van der Waals surface area contributed by atoms with Crippen LogP contribution in [0.25, 0.3) is 0 Å². The highest BCUT2D eigenvalue weighted by Crippen LogP contribution is 2.18. The van der Waals surface area contributed by atoms with Crippen LogP contribution < -0.4 is 11.2 Å². The van der Waals surface area contributed by atoms with Crippen molar-refractivity contribution in [1.82, 2.24) is 10.2 Å². The van der Waals surface area contributed by atoms with Crippen LogP contribution in [0.4, 0.5) is 0 Å². The van der Waals surface area contributed by atoms with Crippen molar-refractivity contribution in [1.29, 1.82) is 0 Å². The molecule has 3 N–H and O–H groups in total. The molecule has 1 atom stereocenters. The first kappa shape index (κ1) is 18.1. The Morgan fingerprint density at radius 3 is 2.41 bits per heavy atom. The van der Waals surface area contributed by atoms with Crippen LogP contribution in [-0.4, -0.2) is 41.4 Å². The number of hydrogen-bond donors (Lipinski definition) is 2. The Hall–Kier alpha value is -1.92. The van der Waals surface area contributed by atoms with Crippen molar-refractivity contribution >= 4 is 23.4 Å². The third-order valence-corrected chi connectivity index (χ3v) is 3.72. The summed E-state index contributed by atoms with van der Waals surface area (Å²) in [5, 5.41) is 6.08. The van der Waals surface area contributed by atoms with E-state index in [-0.39, 0.29) is 5.71 Å². The molecule has 1 aliphatic heterocycles. The maximum atomic E-state index is 12.3. The molecule has 0 aliphatic carbocycles. The van der Waals surface area contributed by atoms with E-state index in [1.54, 1.807) is 0 Å². The SMILES string of the molecule is CCCCCNC(=O)C1C(=O)N(CCCCC)C(=O)/C1=N/N. The molecule has 3 amide bonds. The molecule has 0 aromatic rings. The van der Waals surface area contributed by atoms with Crippen molar-refractivity contribution in [3.63, 3.8) is 0 Å². The summed E-state index contributed by atoms with van der Waals surface area (Å²) in [5.74, 6) is 2.47. The Bertz CT molecular complexity index is 448. The fourth-order valence-corrected chi connectivity index (χ4v) is 2.42. The predicted molar refractivity (Wildman–Crippen MR) is 83.9 cm³/mol. The lowest BCUT2D eigenvalue weighted by atomic mass is 10.1. The first-order chi connectivity index (χ1) is 10.6. The van der Waals surface area contributed by atoms with Gasteiger partial charge in [-0.1, -0.05) is 39.5 Å².